The topological polar surface area (TPSA) is 63.8 Å². The van der Waals surface area contributed by atoms with E-state index in [-0.39, 0.29) is 0 Å². The van der Waals surface area contributed by atoms with Crippen LogP contribution in [0.15, 0.2) is 15.6 Å². The number of furan rings is 1. The quantitative estimate of drug-likeness (QED) is 0.599. The second kappa shape index (κ2) is 4.63. The highest BCUT2D eigenvalue weighted by Crippen LogP contribution is 2.14. The Morgan fingerprint density at radius 3 is 2.67 bits per heavy atom. The van der Waals surface area contributed by atoms with Crippen LogP contribution >= 0.6 is 0 Å². The van der Waals surface area contributed by atoms with E-state index in [1.807, 2.05) is 19.9 Å². The zero-order chi connectivity index (χ0) is 11.4. The van der Waals surface area contributed by atoms with Crippen molar-refractivity contribution in [2.24, 2.45) is 5.10 Å². The van der Waals surface area contributed by atoms with E-state index < -0.39 is 6.09 Å². The fourth-order valence-electron chi connectivity index (χ4n) is 1.23. The number of hydrogen-bond donors (Lipinski definition) is 1. The summed E-state index contributed by atoms with van der Waals surface area (Å²) in [5.41, 5.74) is 3.81. The number of hydrazone groups is 1. The van der Waals surface area contributed by atoms with Gasteiger partial charge in [0.15, 0.2) is 0 Å². The lowest BCUT2D eigenvalue weighted by molar-refractivity contribution is 0.171. The van der Waals surface area contributed by atoms with Crippen LogP contribution in [-0.2, 0) is 4.74 Å². The lowest BCUT2D eigenvalue weighted by Gasteiger charge is -1.99. The highest BCUT2D eigenvalue weighted by Gasteiger charge is 2.07. The van der Waals surface area contributed by atoms with Crippen LogP contribution in [0.5, 0.6) is 0 Å². The second-order valence-corrected chi connectivity index (χ2v) is 3.13. The van der Waals surface area contributed by atoms with Crippen LogP contribution in [0.4, 0.5) is 4.79 Å². The summed E-state index contributed by atoms with van der Waals surface area (Å²) in [6.45, 7) is 5.49. The predicted octanol–water partition coefficient (Wildman–Crippen LogP) is 1.98. The third-order valence-corrected chi connectivity index (χ3v) is 1.93. The smallest absolute Gasteiger partial charge is 0.427 e. The maximum absolute atomic E-state index is 10.8. The van der Waals surface area contributed by atoms with Gasteiger partial charge >= 0.3 is 6.09 Å². The number of carbonyl (C=O) groups is 1. The number of hydrogen-bond acceptors (Lipinski definition) is 4. The molecule has 0 saturated heterocycles. The van der Waals surface area contributed by atoms with Gasteiger partial charge in [0, 0.05) is 5.56 Å². The van der Waals surface area contributed by atoms with Crippen molar-refractivity contribution in [1.82, 2.24) is 5.43 Å². The fourth-order valence-corrected chi connectivity index (χ4v) is 1.23. The average Bonchev–Trinajstić information content (AvgIpc) is 2.53. The van der Waals surface area contributed by atoms with Crippen molar-refractivity contribution in [1.29, 1.82) is 0 Å². The molecule has 0 atom stereocenters. The number of nitrogens with zero attached hydrogens (tertiary/aromatic N) is 1. The van der Waals surface area contributed by atoms with Gasteiger partial charge in [-0.1, -0.05) is 0 Å². The van der Waals surface area contributed by atoms with Crippen molar-refractivity contribution in [3.63, 3.8) is 0 Å². The van der Waals surface area contributed by atoms with Crippen LogP contribution in [0.2, 0.25) is 0 Å². The fraction of sp³-hybridized carbons (Fsp3) is 0.400. The summed E-state index contributed by atoms with van der Waals surface area (Å²) < 4.78 is 9.74. The lowest BCUT2D eigenvalue weighted by atomic mass is 10.2. The molecule has 1 heterocycles. The van der Waals surface area contributed by atoms with Crippen molar-refractivity contribution in [2.45, 2.75) is 20.8 Å². The molecule has 1 aromatic heterocycles. The van der Waals surface area contributed by atoms with E-state index in [1.165, 1.54) is 7.11 Å². The van der Waals surface area contributed by atoms with E-state index in [4.69, 9.17) is 4.42 Å². The van der Waals surface area contributed by atoms with Gasteiger partial charge in [-0.3, -0.25) is 0 Å². The number of aryl methyl sites for hydroxylation is 2. The summed E-state index contributed by atoms with van der Waals surface area (Å²) in [5, 5.41) is 3.87. The van der Waals surface area contributed by atoms with Gasteiger partial charge in [0.25, 0.3) is 0 Å². The Balaban J connectivity index is 2.80. The van der Waals surface area contributed by atoms with Crippen molar-refractivity contribution in [2.75, 3.05) is 7.11 Å². The number of carbonyl (C=O) groups excluding carboxylic acids is 1. The summed E-state index contributed by atoms with van der Waals surface area (Å²) in [5.74, 6) is 1.59. The molecule has 82 valence electrons. The minimum absolute atomic E-state index is 0.591. The van der Waals surface area contributed by atoms with E-state index in [9.17, 15) is 4.79 Å². The van der Waals surface area contributed by atoms with Crippen molar-refractivity contribution < 1.29 is 13.9 Å². The van der Waals surface area contributed by atoms with Gasteiger partial charge in [-0.25, -0.2) is 10.2 Å². The van der Waals surface area contributed by atoms with Gasteiger partial charge < -0.3 is 9.15 Å². The molecule has 0 saturated carbocycles. The van der Waals surface area contributed by atoms with E-state index in [1.54, 1.807) is 6.92 Å². The minimum Gasteiger partial charge on any atom is -0.466 e. The summed E-state index contributed by atoms with van der Waals surface area (Å²) in [6.07, 6.45) is -0.591. The number of nitrogens with one attached hydrogen (secondary N) is 1. The molecule has 0 radical (unpaired) electrons. The third kappa shape index (κ3) is 2.83. The van der Waals surface area contributed by atoms with Crippen LogP contribution < -0.4 is 5.43 Å². The Labute approximate surface area is 88.1 Å². The molecular weight excluding hydrogens is 196 g/mol. The molecule has 5 nitrogen and oxygen atoms in total. The summed E-state index contributed by atoms with van der Waals surface area (Å²) in [6, 6.07) is 1.87. The largest absolute Gasteiger partial charge is 0.466 e. The molecule has 0 spiro atoms. The molecule has 5 heteroatoms. The van der Waals surface area contributed by atoms with Gasteiger partial charge in [0.2, 0.25) is 0 Å². The van der Waals surface area contributed by atoms with Gasteiger partial charge in [0.1, 0.15) is 11.5 Å². The monoisotopic (exact) mass is 210 g/mol. The van der Waals surface area contributed by atoms with Crippen LogP contribution in [-0.4, -0.2) is 18.9 Å². The normalized spacial score (nSPS) is 11.3. The van der Waals surface area contributed by atoms with Crippen LogP contribution in [0.25, 0.3) is 0 Å². The first-order valence-electron chi connectivity index (χ1n) is 4.50. The molecule has 1 aromatic rings. The molecule has 0 aliphatic carbocycles. The molecule has 0 aliphatic rings. The number of methoxy groups -OCH3 is 1. The van der Waals surface area contributed by atoms with Gasteiger partial charge in [0.05, 0.1) is 12.8 Å². The zero-order valence-electron chi connectivity index (χ0n) is 9.25. The summed E-state index contributed by atoms with van der Waals surface area (Å²) in [4.78, 5) is 10.8. The zero-order valence-corrected chi connectivity index (χ0v) is 9.25. The van der Waals surface area contributed by atoms with Gasteiger partial charge in [-0.05, 0) is 26.8 Å². The number of ether oxygens (including phenoxy) is 1. The maximum Gasteiger partial charge on any atom is 0.427 e. The first-order chi connectivity index (χ1) is 7.04. The molecular formula is C10H14N2O3. The third-order valence-electron chi connectivity index (χ3n) is 1.93. The van der Waals surface area contributed by atoms with Crippen molar-refractivity contribution in [3.8, 4) is 0 Å². The molecule has 1 N–H and O–H groups in total. The standard InChI is InChI=1S/C10H14N2O3/c1-6-5-9(8(3)15-6)7(2)11-12-10(13)14-4/h5H,1-4H3,(H,12,13)/b11-7-. The molecule has 0 unspecified atom stereocenters. The van der Waals surface area contributed by atoms with Crippen molar-refractivity contribution in [3.05, 3.63) is 23.2 Å². The molecule has 0 aromatic carbocycles. The Hall–Kier alpha value is -1.78. The van der Waals surface area contributed by atoms with Crippen LogP contribution in [0, 0.1) is 13.8 Å². The second-order valence-electron chi connectivity index (χ2n) is 3.13. The highest BCUT2D eigenvalue weighted by molar-refractivity contribution is 5.99. The van der Waals surface area contributed by atoms with Crippen LogP contribution in [0.1, 0.15) is 24.0 Å². The van der Waals surface area contributed by atoms with Gasteiger partial charge in [-0.15, -0.1) is 0 Å². The Kier molecular flexibility index (Phi) is 3.49. The maximum atomic E-state index is 10.8. The Morgan fingerprint density at radius 2 is 2.20 bits per heavy atom. The average molecular weight is 210 g/mol. The van der Waals surface area contributed by atoms with Crippen LogP contribution in [0.3, 0.4) is 0 Å². The van der Waals surface area contributed by atoms with Crippen molar-refractivity contribution >= 4 is 11.8 Å². The molecule has 0 aliphatic heterocycles. The summed E-state index contributed by atoms with van der Waals surface area (Å²) in [7, 11) is 1.29. The molecule has 1 amide bonds. The molecule has 15 heavy (non-hydrogen) atoms. The first-order valence-corrected chi connectivity index (χ1v) is 4.50. The van der Waals surface area contributed by atoms with E-state index in [0.717, 1.165) is 17.1 Å². The van der Waals surface area contributed by atoms with E-state index in [0.29, 0.717) is 5.71 Å². The first kappa shape index (κ1) is 11.3. The summed E-state index contributed by atoms with van der Waals surface area (Å²) >= 11 is 0. The van der Waals surface area contributed by atoms with E-state index in [2.05, 4.69) is 15.3 Å². The van der Waals surface area contributed by atoms with Gasteiger partial charge in [-0.2, -0.15) is 5.10 Å². The predicted molar refractivity (Wildman–Crippen MR) is 55.9 cm³/mol. The Morgan fingerprint density at radius 1 is 1.53 bits per heavy atom. The number of rotatable bonds is 2. The lowest BCUT2D eigenvalue weighted by Crippen LogP contribution is -2.18. The Bertz CT molecular complexity index is 393. The molecule has 1 rings (SSSR count). The minimum atomic E-state index is -0.591. The van der Waals surface area contributed by atoms with E-state index >= 15 is 0 Å². The molecule has 0 bridgehead atoms. The number of amides is 1. The highest BCUT2D eigenvalue weighted by atomic mass is 16.5. The molecule has 0 fully saturated rings. The SMILES string of the molecule is COC(=O)N/N=C(/C)c1cc(C)oc1C.